The molecule has 1 spiro atoms. The minimum Gasteiger partial charge on any atom is -0.309 e. The first-order chi connectivity index (χ1) is 7.35. The Labute approximate surface area is 93.4 Å². The molecule has 84 valence electrons. The smallest absolute Gasteiger partial charge is 0.0309 e. The number of hydrogen-bond acceptors (Lipinski definition) is 2. The van der Waals surface area contributed by atoms with Crippen molar-refractivity contribution in [1.82, 2.24) is 10.2 Å². The molecule has 2 rings (SSSR count). The van der Waals surface area contributed by atoms with Crippen LogP contribution in [0.5, 0.6) is 0 Å². The van der Waals surface area contributed by atoms with Crippen LogP contribution < -0.4 is 5.32 Å². The normalized spacial score (nSPS) is 25.1. The van der Waals surface area contributed by atoms with Gasteiger partial charge in [-0.15, -0.1) is 11.8 Å². The largest absolute Gasteiger partial charge is 0.309 e. The molecular formula is C13H22N2. The Morgan fingerprint density at radius 3 is 2.87 bits per heavy atom. The van der Waals surface area contributed by atoms with Gasteiger partial charge in [-0.1, -0.05) is 12.8 Å². The van der Waals surface area contributed by atoms with Gasteiger partial charge >= 0.3 is 0 Å². The minimum absolute atomic E-state index is 0.470. The topological polar surface area (TPSA) is 15.3 Å². The van der Waals surface area contributed by atoms with E-state index < -0.39 is 0 Å². The van der Waals surface area contributed by atoms with E-state index in [0.29, 0.717) is 5.54 Å². The summed E-state index contributed by atoms with van der Waals surface area (Å²) in [6.07, 6.45) is 6.61. The lowest BCUT2D eigenvalue weighted by molar-refractivity contribution is 0.137. The average molecular weight is 206 g/mol. The van der Waals surface area contributed by atoms with E-state index in [2.05, 4.69) is 22.1 Å². The average Bonchev–Trinajstić information content (AvgIpc) is 2.67. The fourth-order valence-electron chi connectivity index (χ4n) is 2.96. The van der Waals surface area contributed by atoms with Crippen LogP contribution in [0.4, 0.5) is 0 Å². The lowest BCUT2D eigenvalue weighted by atomic mass is 9.94. The van der Waals surface area contributed by atoms with Gasteiger partial charge < -0.3 is 5.32 Å². The zero-order valence-electron chi connectivity index (χ0n) is 9.81. The summed E-state index contributed by atoms with van der Waals surface area (Å²) < 4.78 is 0. The highest BCUT2D eigenvalue weighted by molar-refractivity contribution is 5.00. The Morgan fingerprint density at radius 2 is 2.13 bits per heavy atom. The molecule has 0 unspecified atom stereocenters. The van der Waals surface area contributed by atoms with Gasteiger partial charge in [-0.05, 0) is 19.8 Å². The summed E-state index contributed by atoms with van der Waals surface area (Å²) in [6, 6.07) is 0. The van der Waals surface area contributed by atoms with Gasteiger partial charge in [0.25, 0.3) is 0 Å². The summed E-state index contributed by atoms with van der Waals surface area (Å²) in [5, 5.41) is 3.74. The molecule has 2 aliphatic rings. The van der Waals surface area contributed by atoms with Crippen LogP contribution in [0.15, 0.2) is 0 Å². The van der Waals surface area contributed by atoms with Crippen LogP contribution >= 0.6 is 0 Å². The first kappa shape index (κ1) is 11.0. The summed E-state index contributed by atoms with van der Waals surface area (Å²) >= 11 is 0. The molecule has 0 radical (unpaired) electrons. The third-order valence-corrected chi connectivity index (χ3v) is 3.74. The van der Waals surface area contributed by atoms with Crippen LogP contribution in [0.1, 0.15) is 39.0 Å². The molecule has 0 amide bonds. The molecule has 0 atom stereocenters. The molecule has 0 aromatic heterocycles. The van der Waals surface area contributed by atoms with Crippen molar-refractivity contribution in [3.05, 3.63) is 0 Å². The summed E-state index contributed by atoms with van der Waals surface area (Å²) in [7, 11) is 0. The second-order valence-electron chi connectivity index (χ2n) is 4.87. The van der Waals surface area contributed by atoms with E-state index in [1.54, 1.807) is 0 Å². The second-order valence-corrected chi connectivity index (χ2v) is 4.87. The van der Waals surface area contributed by atoms with Crippen molar-refractivity contribution >= 4 is 0 Å². The highest BCUT2D eigenvalue weighted by Crippen LogP contribution is 2.31. The second kappa shape index (κ2) is 5.01. The van der Waals surface area contributed by atoms with E-state index >= 15 is 0 Å². The Bertz CT molecular complexity index is 255. The molecule has 1 saturated carbocycles. The Hall–Kier alpha value is -0.520. The van der Waals surface area contributed by atoms with Crippen LogP contribution in [-0.4, -0.2) is 36.6 Å². The van der Waals surface area contributed by atoms with Gasteiger partial charge in [-0.2, -0.15) is 0 Å². The summed E-state index contributed by atoms with van der Waals surface area (Å²) in [6.45, 7) is 6.70. The summed E-state index contributed by atoms with van der Waals surface area (Å²) in [5.74, 6) is 6.14. The van der Waals surface area contributed by atoms with E-state index in [-0.39, 0.29) is 0 Å². The van der Waals surface area contributed by atoms with Gasteiger partial charge in [0.1, 0.15) is 0 Å². The molecule has 2 heteroatoms. The molecule has 2 nitrogen and oxygen atoms in total. The molecule has 1 saturated heterocycles. The van der Waals surface area contributed by atoms with Crippen LogP contribution in [0.3, 0.4) is 0 Å². The Kier molecular flexibility index (Phi) is 3.66. The van der Waals surface area contributed by atoms with E-state index in [0.717, 1.165) is 13.0 Å². The standard InChI is InChI=1S/C13H22N2/c1-2-3-6-10-15-11-9-14-13(12-15)7-4-5-8-13/h14H,4-12H2,1H3. The van der Waals surface area contributed by atoms with Crippen LogP contribution in [0.25, 0.3) is 0 Å². The molecule has 0 bridgehead atoms. The monoisotopic (exact) mass is 206 g/mol. The van der Waals surface area contributed by atoms with Crippen molar-refractivity contribution in [2.75, 3.05) is 26.2 Å². The minimum atomic E-state index is 0.470. The van der Waals surface area contributed by atoms with Crippen LogP contribution in [-0.2, 0) is 0 Å². The molecule has 1 N–H and O–H groups in total. The molecule has 0 aromatic carbocycles. The number of hydrogen-bond donors (Lipinski definition) is 1. The van der Waals surface area contributed by atoms with Gasteiger partial charge in [0.15, 0.2) is 0 Å². The van der Waals surface area contributed by atoms with Crippen molar-refractivity contribution in [3.63, 3.8) is 0 Å². The van der Waals surface area contributed by atoms with Gasteiger partial charge in [-0.3, -0.25) is 4.90 Å². The van der Waals surface area contributed by atoms with Crippen molar-refractivity contribution < 1.29 is 0 Å². The number of rotatable bonds is 2. The number of nitrogens with one attached hydrogen (secondary N) is 1. The van der Waals surface area contributed by atoms with Crippen LogP contribution in [0.2, 0.25) is 0 Å². The Balaban J connectivity index is 1.83. The van der Waals surface area contributed by atoms with Gasteiger partial charge in [0, 0.05) is 38.1 Å². The number of nitrogens with zero attached hydrogens (tertiary/aromatic N) is 1. The highest BCUT2D eigenvalue weighted by atomic mass is 15.2. The molecular weight excluding hydrogens is 184 g/mol. The first-order valence-corrected chi connectivity index (χ1v) is 6.22. The molecule has 1 aliphatic carbocycles. The fraction of sp³-hybridized carbons (Fsp3) is 0.846. The van der Waals surface area contributed by atoms with E-state index in [1.165, 1.54) is 45.3 Å². The van der Waals surface area contributed by atoms with Gasteiger partial charge in [0.05, 0.1) is 0 Å². The lowest BCUT2D eigenvalue weighted by Crippen LogP contribution is -2.59. The van der Waals surface area contributed by atoms with Crippen molar-refractivity contribution in [1.29, 1.82) is 0 Å². The third-order valence-electron chi connectivity index (χ3n) is 3.74. The third kappa shape index (κ3) is 2.74. The molecule has 1 heterocycles. The maximum Gasteiger partial charge on any atom is 0.0309 e. The zero-order valence-corrected chi connectivity index (χ0v) is 9.81. The highest BCUT2D eigenvalue weighted by Gasteiger charge is 2.37. The molecule has 1 aliphatic heterocycles. The summed E-state index contributed by atoms with van der Waals surface area (Å²) in [5.41, 5.74) is 0.470. The first-order valence-electron chi connectivity index (χ1n) is 6.22. The van der Waals surface area contributed by atoms with Gasteiger partial charge in [-0.25, -0.2) is 0 Å². The number of piperazine rings is 1. The summed E-state index contributed by atoms with van der Waals surface area (Å²) in [4.78, 5) is 2.59. The molecule has 0 aromatic rings. The van der Waals surface area contributed by atoms with E-state index in [9.17, 15) is 0 Å². The maximum absolute atomic E-state index is 3.74. The Morgan fingerprint density at radius 1 is 1.33 bits per heavy atom. The van der Waals surface area contributed by atoms with E-state index in [4.69, 9.17) is 0 Å². The van der Waals surface area contributed by atoms with Crippen molar-refractivity contribution in [2.24, 2.45) is 0 Å². The predicted molar refractivity (Wildman–Crippen MR) is 63.7 cm³/mol. The van der Waals surface area contributed by atoms with Crippen molar-refractivity contribution in [2.45, 2.75) is 44.6 Å². The maximum atomic E-state index is 3.74. The fourth-order valence-corrected chi connectivity index (χ4v) is 2.96. The predicted octanol–water partition coefficient (Wildman–Crippen LogP) is 1.62. The van der Waals surface area contributed by atoms with Crippen molar-refractivity contribution in [3.8, 4) is 11.8 Å². The van der Waals surface area contributed by atoms with Crippen LogP contribution in [0, 0.1) is 11.8 Å². The molecule has 2 fully saturated rings. The SMILES string of the molecule is CC#CCCN1CCNC2(CCCC2)C1. The van der Waals surface area contributed by atoms with Gasteiger partial charge in [0.2, 0.25) is 0 Å². The molecule has 15 heavy (non-hydrogen) atoms. The van der Waals surface area contributed by atoms with E-state index in [1.807, 2.05) is 6.92 Å². The zero-order chi connectivity index (χ0) is 10.6. The lowest BCUT2D eigenvalue weighted by Gasteiger charge is -2.41. The quantitative estimate of drug-likeness (QED) is 0.691.